The molecule has 39 heavy (non-hydrogen) atoms. The SMILES string of the molecule is c1ccc(-c2cccc3c2Oc2cccc4c2B3c2ccccc2[Si]4(c2ccccc2)c2ccccc2)cc1. The molecule has 0 bridgehead atoms. The van der Waals surface area contributed by atoms with Crippen LogP contribution in [0.25, 0.3) is 11.1 Å². The molecule has 0 spiro atoms. The molecule has 0 aliphatic carbocycles. The molecule has 0 radical (unpaired) electrons. The standard InChI is InChI=1S/C36H25BOSi/c1-4-14-26(15-5-1)29-20-12-22-31-36(29)38-32-23-13-25-34-35(32)37(31)30-21-10-11-24-33(30)39(34,27-16-6-2-7-17-27)28-18-8-3-9-19-28/h1-25H. The van der Waals surface area contributed by atoms with Crippen molar-refractivity contribution < 1.29 is 4.74 Å². The van der Waals surface area contributed by atoms with Gasteiger partial charge in [0.25, 0.3) is 6.71 Å². The first-order valence-corrected chi connectivity index (χ1v) is 15.6. The third kappa shape index (κ3) is 3.14. The van der Waals surface area contributed by atoms with Gasteiger partial charge in [0.05, 0.1) is 0 Å². The Hall–Kier alpha value is -4.60. The zero-order valence-corrected chi connectivity index (χ0v) is 22.4. The normalized spacial score (nSPS) is 14.0. The van der Waals surface area contributed by atoms with Crippen molar-refractivity contribution in [3.63, 3.8) is 0 Å². The molecule has 2 aliphatic rings. The number of rotatable bonds is 3. The van der Waals surface area contributed by atoms with Crippen LogP contribution in [-0.2, 0) is 0 Å². The van der Waals surface area contributed by atoms with Crippen LogP contribution in [0.5, 0.6) is 11.5 Å². The van der Waals surface area contributed by atoms with Crippen molar-refractivity contribution >= 4 is 51.9 Å². The summed E-state index contributed by atoms with van der Waals surface area (Å²) in [6, 6.07) is 55.5. The smallest absolute Gasteiger partial charge is 0.250 e. The fraction of sp³-hybridized carbons (Fsp3) is 0. The summed E-state index contributed by atoms with van der Waals surface area (Å²) >= 11 is 0. The molecular formula is C36H25BOSi. The summed E-state index contributed by atoms with van der Waals surface area (Å²) in [5, 5.41) is 5.70. The fourth-order valence-electron chi connectivity index (χ4n) is 6.99. The van der Waals surface area contributed by atoms with Gasteiger partial charge in [-0.3, -0.25) is 0 Å². The second-order valence-corrected chi connectivity index (χ2v) is 14.1. The fourth-order valence-corrected chi connectivity index (χ4v) is 12.3. The molecule has 182 valence electrons. The Labute approximate surface area is 230 Å². The van der Waals surface area contributed by atoms with E-state index in [0.717, 1.165) is 17.1 Å². The Morgan fingerprint density at radius 2 is 1.03 bits per heavy atom. The van der Waals surface area contributed by atoms with Crippen LogP contribution in [0.3, 0.4) is 0 Å². The van der Waals surface area contributed by atoms with Crippen molar-refractivity contribution in [3.05, 3.63) is 152 Å². The van der Waals surface area contributed by atoms with Crippen molar-refractivity contribution in [1.29, 1.82) is 0 Å². The van der Waals surface area contributed by atoms with Gasteiger partial charge in [0, 0.05) is 5.56 Å². The Bertz CT molecular complexity index is 1790. The zero-order chi connectivity index (χ0) is 25.8. The lowest BCUT2D eigenvalue weighted by molar-refractivity contribution is 0.489. The minimum Gasteiger partial charge on any atom is -0.458 e. The molecule has 0 N–H and O–H groups in total. The van der Waals surface area contributed by atoms with Gasteiger partial charge < -0.3 is 4.74 Å². The molecular weight excluding hydrogens is 487 g/mol. The van der Waals surface area contributed by atoms with Gasteiger partial charge in [0.15, 0.2) is 8.07 Å². The monoisotopic (exact) mass is 512 g/mol. The molecule has 0 saturated carbocycles. The van der Waals surface area contributed by atoms with E-state index in [1.54, 1.807) is 0 Å². The van der Waals surface area contributed by atoms with Crippen molar-refractivity contribution in [2.75, 3.05) is 0 Å². The summed E-state index contributed by atoms with van der Waals surface area (Å²) in [6.45, 7) is 0.118. The molecule has 3 heteroatoms. The molecule has 6 aromatic carbocycles. The number of ether oxygens (including phenoxy) is 1. The number of hydrogen-bond donors (Lipinski definition) is 0. The molecule has 0 aromatic heterocycles. The van der Waals surface area contributed by atoms with Crippen molar-refractivity contribution in [3.8, 4) is 22.6 Å². The van der Waals surface area contributed by atoms with E-state index in [1.807, 2.05) is 0 Å². The van der Waals surface area contributed by atoms with E-state index in [0.29, 0.717) is 0 Å². The first-order chi connectivity index (χ1) is 19.4. The van der Waals surface area contributed by atoms with Crippen molar-refractivity contribution in [2.45, 2.75) is 0 Å². The van der Waals surface area contributed by atoms with Gasteiger partial charge in [-0.25, -0.2) is 0 Å². The van der Waals surface area contributed by atoms with Gasteiger partial charge in [-0.15, -0.1) is 0 Å². The first kappa shape index (κ1) is 22.4. The highest BCUT2D eigenvalue weighted by atomic mass is 28.3. The van der Waals surface area contributed by atoms with E-state index in [4.69, 9.17) is 4.74 Å². The maximum Gasteiger partial charge on any atom is 0.250 e. The van der Waals surface area contributed by atoms with Crippen LogP contribution in [0.4, 0.5) is 0 Å². The van der Waals surface area contributed by atoms with Gasteiger partial charge in [-0.05, 0) is 43.3 Å². The summed E-state index contributed by atoms with van der Waals surface area (Å²) < 4.78 is 6.91. The maximum atomic E-state index is 6.91. The Kier molecular flexibility index (Phi) is 5.01. The van der Waals surface area contributed by atoms with E-state index in [1.165, 1.54) is 42.7 Å². The second kappa shape index (κ2) is 8.72. The van der Waals surface area contributed by atoms with E-state index >= 15 is 0 Å². The summed E-state index contributed by atoms with van der Waals surface area (Å²) in [4.78, 5) is 0. The number of fused-ring (bicyclic) bond motifs is 4. The molecule has 6 aromatic rings. The lowest BCUT2D eigenvalue weighted by atomic mass is 9.35. The number of para-hydroxylation sites is 1. The average molecular weight is 512 g/mol. The van der Waals surface area contributed by atoms with Crippen molar-refractivity contribution in [1.82, 2.24) is 0 Å². The molecule has 2 aliphatic heterocycles. The molecule has 2 heterocycles. The van der Waals surface area contributed by atoms with Crippen LogP contribution in [0.1, 0.15) is 0 Å². The predicted octanol–water partition coefficient (Wildman–Crippen LogP) is 3.67. The minimum atomic E-state index is -2.61. The summed E-state index contributed by atoms with van der Waals surface area (Å²) in [5.74, 6) is 1.95. The van der Waals surface area contributed by atoms with Crippen LogP contribution in [-0.4, -0.2) is 14.8 Å². The summed E-state index contributed by atoms with van der Waals surface area (Å²) in [5.41, 5.74) is 6.28. The van der Waals surface area contributed by atoms with E-state index in [9.17, 15) is 0 Å². The van der Waals surface area contributed by atoms with Gasteiger partial charge in [0.2, 0.25) is 0 Å². The van der Waals surface area contributed by atoms with Crippen molar-refractivity contribution in [2.24, 2.45) is 0 Å². The molecule has 1 nitrogen and oxygen atoms in total. The highest BCUT2D eigenvalue weighted by Crippen LogP contribution is 2.35. The summed E-state index contributed by atoms with van der Waals surface area (Å²) in [7, 11) is -2.61. The molecule has 8 rings (SSSR count). The zero-order valence-electron chi connectivity index (χ0n) is 21.4. The number of benzene rings is 6. The van der Waals surface area contributed by atoms with E-state index < -0.39 is 8.07 Å². The van der Waals surface area contributed by atoms with Crippen LogP contribution >= 0.6 is 0 Å². The molecule has 0 amide bonds. The minimum absolute atomic E-state index is 0.118. The van der Waals surface area contributed by atoms with Crippen LogP contribution in [0.15, 0.2) is 152 Å². The third-order valence-corrected chi connectivity index (χ3v) is 13.4. The average Bonchev–Trinajstić information content (AvgIpc) is 3.02. The van der Waals surface area contributed by atoms with Crippen LogP contribution in [0.2, 0.25) is 0 Å². The largest absolute Gasteiger partial charge is 0.458 e. The highest BCUT2D eigenvalue weighted by Gasteiger charge is 2.52. The number of hydrogen-bond acceptors (Lipinski definition) is 1. The quantitative estimate of drug-likeness (QED) is 0.329. The molecule has 0 fully saturated rings. The summed E-state index contributed by atoms with van der Waals surface area (Å²) in [6.07, 6.45) is 0. The predicted molar refractivity (Wildman–Crippen MR) is 167 cm³/mol. The van der Waals surface area contributed by atoms with Gasteiger partial charge in [-0.1, -0.05) is 151 Å². The molecule has 0 unspecified atom stereocenters. The third-order valence-electron chi connectivity index (χ3n) is 8.50. The lowest BCUT2D eigenvalue weighted by Crippen LogP contribution is -2.87. The van der Waals surface area contributed by atoms with Gasteiger partial charge in [0.1, 0.15) is 11.5 Å². The van der Waals surface area contributed by atoms with Crippen LogP contribution < -0.4 is 41.9 Å². The lowest BCUT2D eigenvalue weighted by Gasteiger charge is -2.44. The van der Waals surface area contributed by atoms with Gasteiger partial charge >= 0.3 is 0 Å². The topological polar surface area (TPSA) is 9.23 Å². The van der Waals surface area contributed by atoms with E-state index in [-0.39, 0.29) is 6.71 Å². The highest BCUT2D eigenvalue weighted by molar-refractivity contribution is 7.26. The van der Waals surface area contributed by atoms with Crippen LogP contribution in [0, 0.1) is 0 Å². The Morgan fingerprint density at radius 1 is 0.462 bits per heavy atom. The molecule has 0 atom stereocenters. The Morgan fingerprint density at radius 3 is 1.74 bits per heavy atom. The first-order valence-electron chi connectivity index (χ1n) is 13.6. The van der Waals surface area contributed by atoms with E-state index in [2.05, 4.69) is 152 Å². The Balaban J connectivity index is 1.49. The molecule has 0 saturated heterocycles. The maximum absolute atomic E-state index is 6.91. The van der Waals surface area contributed by atoms with Gasteiger partial charge in [-0.2, -0.15) is 0 Å². The second-order valence-electron chi connectivity index (χ2n) is 10.4.